The van der Waals surface area contributed by atoms with Crippen LogP contribution in [0.5, 0.6) is 11.5 Å². The summed E-state index contributed by atoms with van der Waals surface area (Å²) in [5.74, 6) is 0.387. The molecular weight excluding hydrogens is 448 g/mol. The number of carbonyl (C=O) groups excluding carboxylic acids is 2. The van der Waals surface area contributed by atoms with Gasteiger partial charge >= 0.3 is 0 Å². The number of nitrogens with one attached hydrogen (secondary N) is 1. The summed E-state index contributed by atoms with van der Waals surface area (Å²) in [6.45, 7) is 5.42. The standard InChI is InChI=1S/C26H32N4O5/c1-16-4-10-20(24(27)31)23(12-16)35-18-7-5-17(6-8-18)29-25(32)21-13-28-30-14-19(9-11-22(21)30)34-15-26(2,3)33/h4,9-14,17-18,33H,5-8,15H2,1-3H3,(H2,27,31)(H,29,32). The van der Waals surface area contributed by atoms with Crippen LogP contribution in [-0.4, -0.2) is 50.9 Å². The lowest BCUT2D eigenvalue weighted by molar-refractivity contribution is 0.0283. The maximum absolute atomic E-state index is 12.9. The van der Waals surface area contributed by atoms with E-state index in [-0.39, 0.29) is 24.7 Å². The molecular formula is C26H32N4O5. The van der Waals surface area contributed by atoms with Gasteiger partial charge in [-0.25, -0.2) is 4.52 Å². The Bertz CT molecular complexity index is 1220. The molecule has 9 heteroatoms. The largest absolute Gasteiger partial charge is 0.490 e. The Hall–Kier alpha value is -3.59. The van der Waals surface area contributed by atoms with Crippen molar-refractivity contribution in [3.05, 3.63) is 59.4 Å². The number of aryl methyl sites for hydroxylation is 1. The molecule has 2 amide bonds. The number of aliphatic hydroxyl groups is 1. The van der Waals surface area contributed by atoms with Gasteiger partial charge in [0.15, 0.2) is 0 Å². The SMILES string of the molecule is Cc1ccc(C(N)=O)c(OC2CCC(NC(=O)c3cnn4cc(OCC(C)(C)O)ccc34)CC2)c1. The van der Waals surface area contributed by atoms with Gasteiger partial charge in [-0.15, -0.1) is 0 Å². The second-order valence-electron chi connectivity index (χ2n) is 9.78. The fraction of sp³-hybridized carbons (Fsp3) is 0.423. The Balaban J connectivity index is 1.34. The third-order valence-electron chi connectivity index (χ3n) is 6.03. The number of fused-ring (bicyclic) bond motifs is 1. The topological polar surface area (TPSA) is 128 Å². The van der Waals surface area contributed by atoms with Crippen LogP contribution in [0.3, 0.4) is 0 Å². The first-order chi connectivity index (χ1) is 16.6. The highest BCUT2D eigenvalue weighted by Gasteiger charge is 2.26. The molecule has 35 heavy (non-hydrogen) atoms. The molecule has 0 spiro atoms. The maximum atomic E-state index is 12.9. The summed E-state index contributed by atoms with van der Waals surface area (Å²) in [5.41, 5.74) is 7.08. The summed E-state index contributed by atoms with van der Waals surface area (Å²) in [6.07, 6.45) is 6.24. The van der Waals surface area contributed by atoms with E-state index in [1.807, 2.05) is 19.1 Å². The Labute approximate surface area is 204 Å². The second-order valence-corrected chi connectivity index (χ2v) is 9.78. The number of nitrogens with zero attached hydrogens (tertiary/aromatic N) is 2. The first kappa shape index (κ1) is 24.5. The smallest absolute Gasteiger partial charge is 0.255 e. The number of rotatable bonds is 8. The second kappa shape index (κ2) is 9.95. The van der Waals surface area contributed by atoms with Crippen molar-refractivity contribution in [3.63, 3.8) is 0 Å². The lowest BCUT2D eigenvalue weighted by Crippen LogP contribution is -2.39. The van der Waals surface area contributed by atoms with Crippen LogP contribution in [0.15, 0.2) is 42.7 Å². The minimum atomic E-state index is -0.946. The van der Waals surface area contributed by atoms with Gasteiger partial charge in [0.2, 0.25) is 0 Å². The van der Waals surface area contributed by atoms with Crippen LogP contribution < -0.4 is 20.5 Å². The molecule has 0 saturated heterocycles. The molecule has 1 aliphatic carbocycles. The number of amides is 2. The highest BCUT2D eigenvalue weighted by atomic mass is 16.5. The van der Waals surface area contributed by atoms with Gasteiger partial charge < -0.3 is 25.6 Å². The number of primary amides is 1. The zero-order valence-electron chi connectivity index (χ0n) is 20.3. The van der Waals surface area contributed by atoms with E-state index in [1.54, 1.807) is 49.0 Å². The molecule has 0 unspecified atom stereocenters. The van der Waals surface area contributed by atoms with Crippen LogP contribution in [0.4, 0.5) is 0 Å². The summed E-state index contributed by atoms with van der Waals surface area (Å²) in [4.78, 5) is 24.7. The Morgan fingerprint density at radius 2 is 1.91 bits per heavy atom. The first-order valence-corrected chi connectivity index (χ1v) is 11.8. The molecule has 186 valence electrons. The van der Waals surface area contributed by atoms with Crippen molar-refractivity contribution in [2.24, 2.45) is 5.73 Å². The fourth-order valence-corrected chi connectivity index (χ4v) is 4.18. The van der Waals surface area contributed by atoms with Crippen LogP contribution in [0.1, 0.15) is 65.8 Å². The molecule has 1 saturated carbocycles. The van der Waals surface area contributed by atoms with Crippen LogP contribution in [0, 0.1) is 6.92 Å². The third-order valence-corrected chi connectivity index (χ3v) is 6.03. The molecule has 9 nitrogen and oxygen atoms in total. The number of pyridine rings is 1. The van der Waals surface area contributed by atoms with Crippen molar-refractivity contribution in [1.29, 1.82) is 0 Å². The Morgan fingerprint density at radius 1 is 1.17 bits per heavy atom. The molecule has 3 aromatic rings. The number of benzene rings is 1. The van der Waals surface area contributed by atoms with E-state index in [9.17, 15) is 14.7 Å². The molecule has 1 aliphatic rings. The normalized spacial score (nSPS) is 18.3. The fourth-order valence-electron chi connectivity index (χ4n) is 4.18. The molecule has 1 aromatic carbocycles. The average Bonchev–Trinajstić information content (AvgIpc) is 3.22. The molecule has 4 rings (SSSR count). The van der Waals surface area contributed by atoms with E-state index < -0.39 is 11.5 Å². The number of nitrogens with two attached hydrogens (primary N) is 1. The third kappa shape index (κ3) is 6.10. The summed E-state index contributed by atoms with van der Waals surface area (Å²) < 4.78 is 13.3. The number of hydrogen-bond donors (Lipinski definition) is 3. The summed E-state index contributed by atoms with van der Waals surface area (Å²) in [7, 11) is 0. The Kier molecular flexibility index (Phi) is 6.98. The van der Waals surface area contributed by atoms with Gasteiger partial charge in [-0.1, -0.05) is 6.07 Å². The number of aromatic nitrogens is 2. The van der Waals surface area contributed by atoms with Crippen molar-refractivity contribution in [2.45, 2.75) is 64.2 Å². The van der Waals surface area contributed by atoms with Gasteiger partial charge in [0.1, 0.15) is 18.1 Å². The van der Waals surface area contributed by atoms with Gasteiger partial charge in [-0.05, 0) is 76.3 Å². The van der Waals surface area contributed by atoms with E-state index in [0.29, 0.717) is 28.1 Å². The molecule has 0 atom stereocenters. The maximum Gasteiger partial charge on any atom is 0.255 e. The van der Waals surface area contributed by atoms with Crippen molar-refractivity contribution < 1.29 is 24.2 Å². The van der Waals surface area contributed by atoms with E-state index in [0.717, 1.165) is 31.2 Å². The zero-order chi connectivity index (χ0) is 25.2. The van der Waals surface area contributed by atoms with Gasteiger partial charge in [0, 0.05) is 6.04 Å². The van der Waals surface area contributed by atoms with Crippen molar-refractivity contribution >= 4 is 17.3 Å². The van der Waals surface area contributed by atoms with E-state index in [2.05, 4.69) is 10.4 Å². The zero-order valence-corrected chi connectivity index (χ0v) is 20.3. The Morgan fingerprint density at radius 3 is 2.60 bits per heavy atom. The molecule has 2 heterocycles. The predicted octanol–water partition coefficient (Wildman–Crippen LogP) is 3.01. The molecule has 4 N–H and O–H groups in total. The number of carbonyl (C=O) groups is 2. The van der Waals surface area contributed by atoms with E-state index in [1.165, 1.54) is 0 Å². The first-order valence-electron chi connectivity index (χ1n) is 11.8. The van der Waals surface area contributed by atoms with Gasteiger partial charge in [-0.2, -0.15) is 5.10 Å². The summed E-state index contributed by atoms with van der Waals surface area (Å²) >= 11 is 0. The van der Waals surface area contributed by atoms with Crippen molar-refractivity contribution in [2.75, 3.05) is 6.61 Å². The number of hydrogen-bond acceptors (Lipinski definition) is 6. The highest BCUT2D eigenvalue weighted by molar-refractivity contribution is 6.00. The lowest BCUT2D eigenvalue weighted by atomic mass is 9.92. The predicted molar refractivity (Wildman–Crippen MR) is 131 cm³/mol. The highest BCUT2D eigenvalue weighted by Crippen LogP contribution is 2.27. The van der Waals surface area contributed by atoms with Crippen LogP contribution >= 0.6 is 0 Å². The monoisotopic (exact) mass is 480 g/mol. The van der Waals surface area contributed by atoms with Gasteiger partial charge in [0.05, 0.1) is 40.7 Å². The lowest BCUT2D eigenvalue weighted by Gasteiger charge is -2.30. The van der Waals surface area contributed by atoms with Crippen LogP contribution in [0.25, 0.3) is 5.52 Å². The molecule has 0 bridgehead atoms. The van der Waals surface area contributed by atoms with Crippen LogP contribution in [0.2, 0.25) is 0 Å². The molecule has 2 aromatic heterocycles. The van der Waals surface area contributed by atoms with Crippen LogP contribution in [-0.2, 0) is 0 Å². The number of ether oxygens (including phenoxy) is 2. The minimum absolute atomic E-state index is 0.0276. The quantitative estimate of drug-likeness (QED) is 0.455. The molecule has 0 aliphatic heterocycles. The summed E-state index contributed by atoms with van der Waals surface area (Å²) in [5, 5.41) is 17.2. The van der Waals surface area contributed by atoms with E-state index in [4.69, 9.17) is 15.2 Å². The van der Waals surface area contributed by atoms with Crippen molar-refractivity contribution in [1.82, 2.24) is 14.9 Å². The molecule has 0 radical (unpaired) electrons. The molecule has 1 fully saturated rings. The minimum Gasteiger partial charge on any atom is -0.490 e. The van der Waals surface area contributed by atoms with Gasteiger partial charge in [0.25, 0.3) is 11.8 Å². The van der Waals surface area contributed by atoms with E-state index >= 15 is 0 Å². The average molecular weight is 481 g/mol. The summed E-state index contributed by atoms with van der Waals surface area (Å²) in [6, 6.07) is 8.93. The van der Waals surface area contributed by atoms with Gasteiger partial charge in [-0.3, -0.25) is 9.59 Å². The van der Waals surface area contributed by atoms with Crippen molar-refractivity contribution in [3.8, 4) is 11.5 Å².